The average Bonchev–Trinajstić information content (AvgIpc) is 2.12. The molecule has 1 aliphatic rings. The van der Waals surface area contributed by atoms with E-state index in [1.54, 1.807) is 0 Å². The minimum Gasteiger partial charge on any atom is -0.356 e. The van der Waals surface area contributed by atoms with Crippen molar-refractivity contribution in [2.75, 3.05) is 25.1 Å². The maximum atomic E-state index is 11.7. The molecule has 0 bridgehead atoms. The second kappa shape index (κ2) is 5.61. The van der Waals surface area contributed by atoms with Gasteiger partial charge in [0.15, 0.2) is 0 Å². The lowest BCUT2D eigenvalue weighted by Gasteiger charge is -2.39. The third-order valence-electron chi connectivity index (χ3n) is 2.99. The maximum Gasteiger partial charge on any atom is 0.227 e. The van der Waals surface area contributed by atoms with Crippen LogP contribution in [0.3, 0.4) is 0 Å². The fourth-order valence-corrected chi connectivity index (χ4v) is 2.17. The molecular formula is C10H20N2OS. The molecule has 0 saturated heterocycles. The van der Waals surface area contributed by atoms with Gasteiger partial charge in [0.25, 0.3) is 0 Å². The number of thioether (sulfide) groups is 1. The van der Waals surface area contributed by atoms with Crippen molar-refractivity contribution < 1.29 is 4.79 Å². The number of hydrogen-bond donors (Lipinski definition) is 2. The zero-order chi connectivity index (χ0) is 10.4. The molecule has 82 valence electrons. The molecule has 4 heteroatoms. The van der Waals surface area contributed by atoms with Crippen LogP contribution in [0.15, 0.2) is 0 Å². The van der Waals surface area contributed by atoms with Crippen LogP contribution in [0.4, 0.5) is 0 Å². The number of rotatable bonds is 6. The van der Waals surface area contributed by atoms with Crippen LogP contribution < -0.4 is 11.1 Å². The number of nitrogens with two attached hydrogens (primary N) is 1. The number of carbonyl (C=O) groups is 1. The van der Waals surface area contributed by atoms with Gasteiger partial charge in [-0.3, -0.25) is 4.79 Å². The van der Waals surface area contributed by atoms with Gasteiger partial charge in [0.2, 0.25) is 5.91 Å². The molecule has 1 saturated carbocycles. The van der Waals surface area contributed by atoms with E-state index in [1.807, 2.05) is 11.8 Å². The van der Waals surface area contributed by atoms with Gasteiger partial charge in [-0.1, -0.05) is 6.42 Å². The number of amides is 1. The van der Waals surface area contributed by atoms with Gasteiger partial charge in [0, 0.05) is 13.1 Å². The lowest BCUT2D eigenvalue weighted by Crippen LogP contribution is -2.50. The van der Waals surface area contributed by atoms with Gasteiger partial charge < -0.3 is 11.1 Å². The maximum absolute atomic E-state index is 11.7. The first kappa shape index (κ1) is 11.9. The predicted molar refractivity (Wildman–Crippen MR) is 61.3 cm³/mol. The summed E-state index contributed by atoms with van der Waals surface area (Å²) in [5, 5.41) is 2.98. The molecule has 0 spiro atoms. The predicted octanol–water partition coefficient (Wildman–Crippen LogP) is 0.985. The molecule has 14 heavy (non-hydrogen) atoms. The Bertz CT molecular complexity index is 187. The highest BCUT2D eigenvalue weighted by atomic mass is 32.2. The topological polar surface area (TPSA) is 55.1 Å². The highest BCUT2D eigenvalue weighted by Crippen LogP contribution is 2.39. The third-order valence-corrected chi connectivity index (χ3v) is 3.69. The Morgan fingerprint density at radius 2 is 2.29 bits per heavy atom. The smallest absolute Gasteiger partial charge is 0.227 e. The van der Waals surface area contributed by atoms with E-state index in [1.165, 1.54) is 0 Å². The Morgan fingerprint density at radius 1 is 1.57 bits per heavy atom. The highest BCUT2D eigenvalue weighted by Gasteiger charge is 2.42. The Morgan fingerprint density at radius 3 is 2.71 bits per heavy atom. The normalized spacial score (nSPS) is 18.7. The first-order valence-corrected chi connectivity index (χ1v) is 6.62. The van der Waals surface area contributed by atoms with Crippen molar-refractivity contribution in [2.24, 2.45) is 11.1 Å². The minimum atomic E-state index is -0.209. The molecule has 0 atom stereocenters. The van der Waals surface area contributed by atoms with Crippen molar-refractivity contribution in [3.05, 3.63) is 0 Å². The summed E-state index contributed by atoms with van der Waals surface area (Å²) in [6, 6.07) is 0. The van der Waals surface area contributed by atoms with Gasteiger partial charge in [0.05, 0.1) is 5.41 Å². The van der Waals surface area contributed by atoms with Gasteiger partial charge in [-0.25, -0.2) is 0 Å². The van der Waals surface area contributed by atoms with Crippen molar-refractivity contribution in [2.45, 2.75) is 25.7 Å². The summed E-state index contributed by atoms with van der Waals surface area (Å²) in [6.45, 7) is 1.29. The Kier molecular flexibility index (Phi) is 4.75. The Labute approximate surface area is 90.2 Å². The van der Waals surface area contributed by atoms with Crippen LogP contribution in [0, 0.1) is 5.41 Å². The number of carbonyl (C=O) groups excluding carboxylic acids is 1. The first-order chi connectivity index (χ1) is 6.75. The van der Waals surface area contributed by atoms with E-state index < -0.39 is 0 Å². The van der Waals surface area contributed by atoms with Gasteiger partial charge in [-0.15, -0.1) is 0 Å². The van der Waals surface area contributed by atoms with E-state index in [0.29, 0.717) is 6.54 Å². The van der Waals surface area contributed by atoms with Crippen molar-refractivity contribution in [3.63, 3.8) is 0 Å². The van der Waals surface area contributed by atoms with Crippen LogP contribution in [0.2, 0.25) is 0 Å². The summed E-state index contributed by atoms with van der Waals surface area (Å²) in [6.07, 6.45) is 6.22. The van der Waals surface area contributed by atoms with Crippen molar-refractivity contribution >= 4 is 17.7 Å². The lowest BCUT2D eigenvalue weighted by molar-refractivity contribution is -0.135. The molecule has 3 nitrogen and oxygen atoms in total. The van der Waals surface area contributed by atoms with E-state index in [-0.39, 0.29) is 11.3 Å². The fourth-order valence-electron chi connectivity index (χ4n) is 1.73. The average molecular weight is 216 g/mol. The fraction of sp³-hybridized carbons (Fsp3) is 0.900. The zero-order valence-corrected chi connectivity index (χ0v) is 9.66. The van der Waals surface area contributed by atoms with Crippen LogP contribution >= 0.6 is 11.8 Å². The molecule has 0 radical (unpaired) electrons. The highest BCUT2D eigenvalue weighted by molar-refractivity contribution is 7.98. The van der Waals surface area contributed by atoms with Crippen LogP contribution in [-0.4, -0.2) is 31.0 Å². The van der Waals surface area contributed by atoms with Gasteiger partial charge in [-0.05, 0) is 31.3 Å². The molecule has 1 amide bonds. The largest absolute Gasteiger partial charge is 0.356 e. The quantitative estimate of drug-likeness (QED) is 0.651. The summed E-state index contributed by atoms with van der Waals surface area (Å²) in [5.41, 5.74) is 5.43. The van der Waals surface area contributed by atoms with E-state index in [0.717, 1.165) is 38.0 Å². The molecule has 0 heterocycles. The number of hydrogen-bond acceptors (Lipinski definition) is 3. The molecule has 0 aromatic heterocycles. The summed E-state index contributed by atoms with van der Waals surface area (Å²) in [4.78, 5) is 11.7. The van der Waals surface area contributed by atoms with Crippen molar-refractivity contribution in [1.82, 2.24) is 5.32 Å². The van der Waals surface area contributed by atoms with E-state index in [9.17, 15) is 4.79 Å². The van der Waals surface area contributed by atoms with E-state index in [4.69, 9.17) is 5.73 Å². The molecule has 3 N–H and O–H groups in total. The molecule has 1 aliphatic carbocycles. The Balaban J connectivity index is 2.20. The standard InChI is InChI=1S/C10H20N2OS/c1-14-7-3-6-12-9(13)10(8-11)4-2-5-10/h2-8,11H2,1H3,(H,12,13). The van der Waals surface area contributed by atoms with Gasteiger partial charge in [0.1, 0.15) is 0 Å². The lowest BCUT2D eigenvalue weighted by atomic mass is 9.68. The SMILES string of the molecule is CSCCCNC(=O)C1(CN)CCC1. The minimum absolute atomic E-state index is 0.173. The zero-order valence-electron chi connectivity index (χ0n) is 8.84. The van der Waals surface area contributed by atoms with Crippen LogP contribution in [0.1, 0.15) is 25.7 Å². The second-order valence-corrected chi connectivity index (χ2v) is 4.93. The van der Waals surface area contributed by atoms with Crippen LogP contribution in [0.25, 0.3) is 0 Å². The molecule has 1 fully saturated rings. The monoisotopic (exact) mass is 216 g/mol. The summed E-state index contributed by atoms with van der Waals surface area (Å²) < 4.78 is 0. The van der Waals surface area contributed by atoms with Gasteiger partial charge in [-0.2, -0.15) is 11.8 Å². The summed E-state index contributed by atoms with van der Waals surface area (Å²) in [7, 11) is 0. The number of nitrogens with one attached hydrogen (secondary N) is 1. The molecule has 0 aromatic rings. The van der Waals surface area contributed by atoms with E-state index >= 15 is 0 Å². The van der Waals surface area contributed by atoms with Crippen LogP contribution in [-0.2, 0) is 4.79 Å². The van der Waals surface area contributed by atoms with Crippen molar-refractivity contribution in [3.8, 4) is 0 Å². The van der Waals surface area contributed by atoms with Gasteiger partial charge >= 0.3 is 0 Å². The van der Waals surface area contributed by atoms with Crippen LogP contribution in [0.5, 0.6) is 0 Å². The molecular weight excluding hydrogens is 196 g/mol. The summed E-state index contributed by atoms with van der Waals surface area (Å²) in [5.74, 6) is 1.28. The summed E-state index contributed by atoms with van der Waals surface area (Å²) >= 11 is 1.81. The molecule has 0 unspecified atom stereocenters. The second-order valence-electron chi connectivity index (χ2n) is 3.94. The molecule has 1 rings (SSSR count). The first-order valence-electron chi connectivity index (χ1n) is 5.22. The van der Waals surface area contributed by atoms with Crippen molar-refractivity contribution in [1.29, 1.82) is 0 Å². The molecule has 0 aliphatic heterocycles. The Hall–Kier alpha value is -0.220. The van der Waals surface area contributed by atoms with E-state index in [2.05, 4.69) is 11.6 Å². The third kappa shape index (κ3) is 2.64. The molecule has 0 aromatic carbocycles.